The third kappa shape index (κ3) is 6.08. The van der Waals surface area contributed by atoms with E-state index in [0.717, 1.165) is 0 Å². The minimum atomic E-state index is -3.52. The van der Waals surface area contributed by atoms with Gasteiger partial charge >= 0.3 is 0 Å². The summed E-state index contributed by atoms with van der Waals surface area (Å²) >= 11 is 0. The molecule has 1 amide bonds. The van der Waals surface area contributed by atoms with Crippen molar-refractivity contribution in [3.05, 3.63) is 126 Å². The van der Waals surface area contributed by atoms with Gasteiger partial charge in [0.2, 0.25) is 0 Å². The topological polar surface area (TPSA) is 72.5 Å². The van der Waals surface area contributed by atoms with E-state index in [2.05, 4.69) is 5.32 Å². The molecular formula is C27H22FNO4S. The molecule has 0 aliphatic carbocycles. The van der Waals surface area contributed by atoms with Crippen LogP contribution in [0.2, 0.25) is 0 Å². The molecule has 7 heteroatoms. The highest BCUT2D eigenvalue weighted by Gasteiger charge is 2.16. The molecule has 1 N–H and O–H groups in total. The Kier molecular flexibility index (Phi) is 7.04. The zero-order valence-electron chi connectivity index (χ0n) is 18.1. The number of carbonyl (C=O) groups is 1. The molecule has 0 aromatic heterocycles. The van der Waals surface area contributed by atoms with E-state index >= 15 is 0 Å². The number of nitrogens with one attached hydrogen (secondary N) is 1. The van der Waals surface area contributed by atoms with Crippen LogP contribution in [-0.2, 0) is 22.2 Å². The predicted octanol–water partition coefficient (Wildman–Crippen LogP) is 5.63. The fourth-order valence-corrected chi connectivity index (χ4v) is 4.75. The number of amides is 1. The first kappa shape index (κ1) is 23.2. The zero-order chi connectivity index (χ0) is 24.0. The Morgan fingerprint density at radius 3 is 2.32 bits per heavy atom. The Morgan fingerprint density at radius 2 is 1.53 bits per heavy atom. The highest BCUT2D eigenvalue weighted by Crippen LogP contribution is 2.21. The number of rotatable bonds is 8. The van der Waals surface area contributed by atoms with Crippen LogP contribution in [-0.4, -0.2) is 14.3 Å². The van der Waals surface area contributed by atoms with Crippen molar-refractivity contribution in [3.63, 3.8) is 0 Å². The molecule has 0 spiro atoms. The number of carbonyl (C=O) groups excluding carboxylic acids is 1. The van der Waals surface area contributed by atoms with Crippen molar-refractivity contribution < 1.29 is 22.3 Å². The summed E-state index contributed by atoms with van der Waals surface area (Å²) in [5.74, 6) is -0.395. The van der Waals surface area contributed by atoms with Gasteiger partial charge in [-0.25, -0.2) is 12.8 Å². The lowest BCUT2D eigenvalue weighted by Crippen LogP contribution is -2.13. The molecule has 0 radical (unpaired) electrons. The Labute approximate surface area is 197 Å². The minimum absolute atomic E-state index is 0.188. The van der Waals surface area contributed by atoms with Gasteiger partial charge in [0.25, 0.3) is 5.91 Å². The molecule has 5 nitrogen and oxygen atoms in total. The van der Waals surface area contributed by atoms with Gasteiger partial charge in [0.05, 0.1) is 10.6 Å². The molecule has 0 aliphatic rings. The highest BCUT2D eigenvalue weighted by molar-refractivity contribution is 7.90. The van der Waals surface area contributed by atoms with Gasteiger partial charge in [-0.05, 0) is 59.7 Å². The van der Waals surface area contributed by atoms with Gasteiger partial charge < -0.3 is 10.1 Å². The van der Waals surface area contributed by atoms with E-state index in [9.17, 15) is 17.6 Å². The van der Waals surface area contributed by atoms with Gasteiger partial charge in [0, 0.05) is 17.3 Å². The third-order valence-corrected chi connectivity index (χ3v) is 6.74. The summed E-state index contributed by atoms with van der Waals surface area (Å²) in [6.45, 7) is 0.188. The van der Waals surface area contributed by atoms with Crippen molar-refractivity contribution in [3.8, 4) is 5.75 Å². The molecule has 4 aromatic carbocycles. The fraction of sp³-hybridized carbons (Fsp3) is 0.0741. The predicted molar refractivity (Wildman–Crippen MR) is 129 cm³/mol. The van der Waals surface area contributed by atoms with Gasteiger partial charge in [-0.3, -0.25) is 4.79 Å². The number of hydrogen-bond acceptors (Lipinski definition) is 4. The average Bonchev–Trinajstić information content (AvgIpc) is 2.83. The van der Waals surface area contributed by atoms with Crippen LogP contribution in [0.1, 0.15) is 21.5 Å². The summed E-state index contributed by atoms with van der Waals surface area (Å²) in [5.41, 5.74) is 2.07. The summed E-state index contributed by atoms with van der Waals surface area (Å²) in [4.78, 5) is 13.0. The second-order valence-corrected chi connectivity index (χ2v) is 9.66. The van der Waals surface area contributed by atoms with E-state index in [-0.39, 0.29) is 29.0 Å². The highest BCUT2D eigenvalue weighted by atomic mass is 32.2. The Hall–Kier alpha value is -3.97. The second kappa shape index (κ2) is 10.3. The number of hydrogen-bond donors (Lipinski definition) is 1. The molecule has 0 unspecified atom stereocenters. The summed E-state index contributed by atoms with van der Waals surface area (Å²) in [6.07, 6.45) is 0. The first-order valence-corrected chi connectivity index (χ1v) is 12.2. The van der Waals surface area contributed by atoms with Crippen LogP contribution >= 0.6 is 0 Å². The molecule has 0 atom stereocenters. The number of anilines is 1. The largest absolute Gasteiger partial charge is 0.489 e. The molecule has 0 aliphatic heterocycles. The molecule has 0 bridgehead atoms. The van der Waals surface area contributed by atoms with Crippen LogP contribution in [0.4, 0.5) is 10.1 Å². The minimum Gasteiger partial charge on any atom is -0.489 e. The summed E-state index contributed by atoms with van der Waals surface area (Å²) in [6, 6.07) is 27.7. The summed E-state index contributed by atoms with van der Waals surface area (Å²) < 4.78 is 44.4. The van der Waals surface area contributed by atoms with Crippen LogP contribution in [0.15, 0.2) is 108 Å². The van der Waals surface area contributed by atoms with Crippen molar-refractivity contribution in [2.75, 3.05) is 5.32 Å². The maximum atomic E-state index is 13.3. The number of halogens is 1. The van der Waals surface area contributed by atoms with E-state index in [1.54, 1.807) is 91.0 Å². The zero-order valence-corrected chi connectivity index (χ0v) is 19.0. The lowest BCUT2D eigenvalue weighted by molar-refractivity contribution is 0.102. The maximum absolute atomic E-state index is 13.3. The molecule has 0 saturated heterocycles. The van der Waals surface area contributed by atoms with Gasteiger partial charge in [-0.1, -0.05) is 48.5 Å². The van der Waals surface area contributed by atoms with E-state index in [1.165, 1.54) is 12.1 Å². The molecule has 0 fully saturated rings. The van der Waals surface area contributed by atoms with Crippen LogP contribution < -0.4 is 10.1 Å². The second-order valence-electron chi connectivity index (χ2n) is 7.67. The van der Waals surface area contributed by atoms with Gasteiger partial charge in [0.15, 0.2) is 9.84 Å². The van der Waals surface area contributed by atoms with Crippen molar-refractivity contribution in [2.24, 2.45) is 0 Å². The van der Waals surface area contributed by atoms with Gasteiger partial charge in [-0.15, -0.1) is 0 Å². The molecule has 4 rings (SSSR count). The van der Waals surface area contributed by atoms with E-state index in [0.29, 0.717) is 28.1 Å². The third-order valence-electron chi connectivity index (χ3n) is 5.03. The SMILES string of the molecule is O=C(Nc1cccc(OCc2cccc(F)c2)c1)c1cccc(CS(=O)(=O)c2ccccc2)c1. The molecule has 34 heavy (non-hydrogen) atoms. The first-order valence-electron chi connectivity index (χ1n) is 10.5. The Balaban J connectivity index is 1.42. The van der Waals surface area contributed by atoms with Crippen LogP contribution in [0.25, 0.3) is 0 Å². The molecule has 0 heterocycles. The quantitative estimate of drug-likeness (QED) is 0.358. The molecule has 0 saturated carbocycles. The maximum Gasteiger partial charge on any atom is 0.255 e. The Morgan fingerprint density at radius 1 is 0.794 bits per heavy atom. The monoisotopic (exact) mass is 475 g/mol. The molecule has 172 valence electrons. The van der Waals surface area contributed by atoms with Crippen molar-refractivity contribution in [1.82, 2.24) is 0 Å². The normalized spacial score (nSPS) is 11.1. The van der Waals surface area contributed by atoms with E-state index in [1.807, 2.05) is 0 Å². The molecular weight excluding hydrogens is 453 g/mol. The number of benzene rings is 4. The van der Waals surface area contributed by atoms with Gasteiger partial charge in [0.1, 0.15) is 18.2 Å². The fourth-order valence-electron chi connectivity index (χ4n) is 3.39. The summed E-state index contributed by atoms with van der Waals surface area (Å²) in [7, 11) is -3.52. The van der Waals surface area contributed by atoms with Crippen molar-refractivity contribution in [1.29, 1.82) is 0 Å². The smallest absolute Gasteiger partial charge is 0.255 e. The lowest BCUT2D eigenvalue weighted by atomic mass is 10.1. The van der Waals surface area contributed by atoms with Crippen molar-refractivity contribution in [2.45, 2.75) is 17.3 Å². The first-order chi connectivity index (χ1) is 16.4. The van der Waals surface area contributed by atoms with E-state index < -0.39 is 9.84 Å². The summed E-state index contributed by atoms with van der Waals surface area (Å²) in [5, 5.41) is 2.80. The number of sulfone groups is 1. The lowest BCUT2D eigenvalue weighted by Gasteiger charge is -2.10. The standard InChI is InChI=1S/C27H22FNO4S/c28-23-10-5-7-20(16-23)18-33-25-12-6-11-24(17-25)29-27(30)22-9-4-8-21(15-22)19-34(31,32)26-13-2-1-3-14-26/h1-17H,18-19H2,(H,29,30). The van der Waals surface area contributed by atoms with E-state index in [4.69, 9.17) is 4.74 Å². The van der Waals surface area contributed by atoms with Crippen LogP contribution in [0.5, 0.6) is 5.75 Å². The number of ether oxygens (including phenoxy) is 1. The van der Waals surface area contributed by atoms with Crippen LogP contribution in [0, 0.1) is 5.82 Å². The molecule has 4 aromatic rings. The van der Waals surface area contributed by atoms with Crippen molar-refractivity contribution >= 4 is 21.4 Å². The van der Waals surface area contributed by atoms with Crippen LogP contribution in [0.3, 0.4) is 0 Å². The Bertz CT molecular complexity index is 1410. The van der Waals surface area contributed by atoms with Gasteiger partial charge in [-0.2, -0.15) is 0 Å². The average molecular weight is 476 g/mol.